The lowest BCUT2D eigenvalue weighted by Gasteiger charge is -2.27. The summed E-state index contributed by atoms with van der Waals surface area (Å²) < 4.78 is 15.0. The monoisotopic (exact) mass is 361 g/mol. The van der Waals surface area contributed by atoms with Crippen LogP contribution in [0.15, 0.2) is 30.3 Å². The van der Waals surface area contributed by atoms with E-state index in [0.29, 0.717) is 5.56 Å². The van der Waals surface area contributed by atoms with Gasteiger partial charge in [0.05, 0.1) is 25.9 Å². The van der Waals surface area contributed by atoms with Gasteiger partial charge in [-0.2, -0.15) is 5.26 Å². The Morgan fingerprint density at radius 3 is 1.77 bits per heavy atom. The Morgan fingerprint density at radius 1 is 0.885 bits per heavy atom. The first kappa shape index (κ1) is 21.2. The molecule has 26 heavy (non-hydrogen) atoms. The van der Waals surface area contributed by atoms with Gasteiger partial charge in [-0.15, -0.1) is 0 Å². The zero-order valence-corrected chi connectivity index (χ0v) is 15.1. The topological polar surface area (TPSA) is 103 Å². The molecule has 7 heteroatoms. The number of carbonyl (C=O) groups is 3. The maximum Gasteiger partial charge on any atom is 0.324 e. The van der Waals surface area contributed by atoms with Crippen molar-refractivity contribution in [3.8, 4) is 6.07 Å². The lowest BCUT2D eigenvalue weighted by atomic mass is 9.77. The number of ether oxygens (including phenoxy) is 3. The van der Waals surface area contributed by atoms with Gasteiger partial charge in [-0.1, -0.05) is 30.3 Å². The predicted octanol–water partition coefficient (Wildman–Crippen LogP) is 2.22. The van der Waals surface area contributed by atoms with Crippen molar-refractivity contribution in [3.05, 3.63) is 35.9 Å². The van der Waals surface area contributed by atoms with Crippen LogP contribution in [0.1, 0.15) is 32.3 Å². The number of hydrogen-bond donors (Lipinski definition) is 0. The highest BCUT2D eigenvalue weighted by Crippen LogP contribution is 2.35. The maximum absolute atomic E-state index is 12.5. The third-order valence-corrected chi connectivity index (χ3v) is 3.66. The van der Waals surface area contributed by atoms with Gasteiger partial charge in [0, 0.05) is 5.92 Å². The highest BCUT2D eigenvalue weighted by atomic mass is 16.6. The number of nitrogens with zero attached hydrogens (tertiary/aromatic N) is 1. The third kappa shape index (κ3) is 5.31. The Balaban J connectivity index is 3.47. The molecule has 0 saturated carbocycles. The highest BCUT2D eigenvalue weighted by Gasteiger charge is 2.46. The Morgan fingerprint density at radius 2 is 1.35 bits per heavy atom. The number of esters is 3. The van der Waals surface area contributed by atoms with Crippen LogP contribution >= 0.6 is 0 Å². The fourth-order valence-corrected chi connectivity index (χ4v) is 2.62. The number of hydrogen-bond acceptors (Lipinski definition) is 7. The van der Waals surface area contributed by atoms with Gasteiger partial charge in [-0.3, -0.25) is 14.4 Å². The van der Waals surface area contributed by atoms with E-state index in [4.69, 9.17) is 14.2 Å². The molecule has 0 aliphatic heterocycles. The van der Waals surface area contributed by atoms with Gasteiger partial charge in [-0.05, 0) is 26.3 Å². The highest BCUT2D eigenvalue weighted by molar-refractivity contribution is 5.97. The van der Waals surface area contributed by atoms with Gasteiger partial charge in [0.25, 0.3) is 0 Å². The van der Waals surface area contributed by atoms with Crippen molar-refractivity contribution in [2.75, 3.05) is 19.8 Å². The van der Waals surface area contributed by atoms with Crippen LogP contribution in [0.3, 0.4) is 0 Å². The summed E-state index contributed by atoms with van der Waals surface area (Å²) in [6.45, 7) is 4.98. The molecule has 0 aliphatic carbocycles. The molecular formula is C19H23NO6. The zero-order chi connectivity index (χ0) is 19.5. The van der Waals surface area contributed by atoms with Gasteiger partial charge in [0.2, 0.25) is 0 Å². The van der Waals surface area contributed by atoms with Gasteiger partial charge in [0.1, 0.15) is 0 Å². The Kier molecular flexibility index (Phi) is 8.85. The Hall–Kier alpha value is -2.88. The number of nitriles is 1. The zero-order valence-electron chi connectivity index (χ0n) is 15.1. The van der Waals surface area contributed by atoms with Crippen molar-refractivity contribution in [1.29, 1.82) is 5.26 Å². The fourth-order valence-electron chi connectivity index (χ4n) is 2.62. The first-order valence-corrected chi connectivity index (χ1v) is 8.46. The smallest absolute Gasteiger partial charge is 0.324 e. The molecule has 1 aromatic rings. The van der Waals surface area contributed by atoms with Crippen molar-refractivity contribution < 1.29 is 28.6 Å². The van der Waals surface area contributed by atoms with Crippen molar-refractivity contribution in [1.82, 2.24) is 0 Å². The van der Waals surface area contributed by atoms with Crippen LogP contribution in [0.4, 0.5) is 0 Å². The average Bonchev–Trinajstić information content (AvgIpc) is 2.63. The van der Waals surface area contributed by atoms with Crippen LogP contribution in [-0.2, 0) is 28.6 Å². The molecule has 0 heterocycles. The minimum Gasteiger partial charge on any atom is -0.465 e. The predicted molar refractivity (Wildman–Crippen MR) is 91.7 cm³/mol. The van der Waals surface area contributed by atoms with Gasteiger partial charge >= 0.3 is 17.9 Å². The normalized spacial score (nSPS) is 12.6. The summed E-state index contributed by atoms with van der Waals surface area (Å²) >= 11 is 0. The van der Waals surface area contributed by atoms with Crippen molar-refractivity contribution >= 4 is 17.9 Å². The molecule has 0 radical (unpaired) electrons. The SMILES string of the molecule is CCOC(=O)C(C(=O)OCC)[C@H](c1ccccc1)[C@H](C#N)C(=O)OCC. The van der Waals surface area contributed by atoms with E-state index in [9.17, 15) is 19.6 Å². The molecular weight excluding hydrogens is 338 g/mol. The quantitative estimate of drug-likeness (QED) is 0.377. The lowest BCUT2D eigenvalue weighted by molar-refractivity contribution is -0.164. The van der Waals surface area contributed by atoms with Gasteiger partial charge in [-0.25, -0.2) is 0 Å². The summed E-state index contributed by atoms with van der Waals surface area (Å²) in [7, 11) is 0. The van der Waals surface area contributed by atoms with Crippen molar-refractivity contribution in [3.63, 3.8) is 0 Å². The molecule has 140 valence electrons. The second-order valence-corrected chi connectivity index (χ2v) is 5.28. The van der Waals surface area contributed by atoms with Crippen LogP contribution in [0, 0.1) is 23.2 Å². The average molecular weight is 361 g/mol. The number of carbonyl (C=O) groups excluding carboxylic acids is 3. The molecule has 1 aromatic carbocycles. The second-order valence-electron chi connectivity index (χ2n) is 5.28. The molecule has 1 rings (SSSR count). The molecule has 0 fully saturated rings. The van der Waals surface area contributed by atoms with Crippen LogP contribution < -0.4 is 0 Å². The van der Waals surface area contributed by atoms with E-state index in [-0.39, 0.29) is 19.8 Å². The van der Waals surface area contributed by atoms with Gasteiger partial charge in [0.15, 0.2) is 11.8 Å². The van der Waals surface area contributed by atoms with Gasteiger partial charge < -0.3 is 14.2 Å². The van der Waals surface area contributed by atoms with E-state index in [0.717, 1.165) is 0 Å². The molecule has 0 N–H and O–H groups in total. The van der Waals surface area contributed by atoms with Crippen LogP contribution in [0.25, 0.3) is 0 Å². The molecule has 7 nitrogen and oxygen atoms in total. The van der Waals surface area contributed by atoms with E-state index in [2.05, 4.69) is 0 Å². The van der Waals surface area contributed by atoms with E-state index in [1.54, 1.807) is 51.1 Å². The number of benzene rings is 1. The van der Waals surface area contributed by atoms with Crippen LogP contribution in [0.2, 0.25) is 0 Å². The fraction of sp³-hybridized carbons (Fsp3) is 0.474. The van der Waals surface area contributed by atoms with E-state index >= 15 is 0 Å². The van der Waals surface area contributed by atoms with E-state index < -0.39 is 35.7 Å². The maximum atomic E-state index is 12.5. The summed E-state index contributed by atoms with van der Waals surface area (Å²) in [5, 5.41) is 9.57. The van der Waals surface area contributed by atoms with Crippen molar-refractivity contribution in [2.24, 2.45) is 11.8 Å². The first-order valence-electron chi connectivity index (χ1n) is 8.46. The minimum absolute atomic E-state index is 0.0485. The molecule has 0 amide bonds. The van der Waals surface area contributed by atoms with E-state index in [1.807, 2.05) is 6.07 Å². The molecule has 0 saturated heterocycles. The Bertz CT molecular complexity index is 634. The molecule has 0 unspecified atom stereocenters. The first-order chi connectivity index (χ1) is 12.5. The van der Waals surface area contributed by atoms with Crippen LogP contribution in [0.5, 0.6) is 0 Å². The third-order valence-electron chi connectivity index (χ3n) is 3.66. The molecule has 2 atom stereocenters. The minimum atomic E-state index is -1.45. The second kappa shape index (κ2) is 10.9. The summed E-state index contributed by atoms with van der Waals surface area (Å²) in [4.78, 5) is 37.3. The lowest BCUT2D eigenvalue weighted by Crippen LogP contribution is -2.39. The number of rotatable bonds is 9. The summed E-state index contributed by atoms with van der Waals surface area (Å²) in [5.74, 6) is -6.39. The van der Waals surface area contributed by atoms with Crippen molar-refractivity contribution in [2.45, 2.75) is 26.7 Å². The largest absolute Gasteiger partial charge is 0.465 e. The summed E-state index contributed by atoms with van der Waals surface area (Å²) in [6.07, 6.45) is 0. The standard InChI is InChI=1S/C19H23NO6/c1-4-24-17(21)14(12-20)15(13-10-8-7-9-11-13)16(18(22)25-5-2)19(23)26-6-3/h7-11,14-16H,4-6H2,1-3H3/t14-,15+/m0/s1. The summed E-state index contributed by atoms with van der Waals surface area (Å²) in [6, 6.07) is 10.3. The molecule has 0 spiro atoms. The molecule has 0 aromatic heterocycles. The van der Waals surface area contributed by atoms with Crippen LogP contribution in [-0.4, -0.2) is 37.7 Å². The van der Waals surface area contributed by atoms with E-state index in [1.165, 1.54) is 0 Å². The molecule has 0 aliphatic rings. The Labute approximate surface area is 152 Å². The molecule has 0 bridgehead atoms. The summed E-state index contributed by atoms with van der Waals surface area (Å²) in [5.41, 5.74) is 0.471.